The van der Waals surface area contributed by atoms with Gasteiger partial charge in [-0.15, -0.1) is 0 Å². The van der Waals surface area contributed by atoms with Gasteiger partial charge in [0.15, 0.2) is 0 Å². The summed E-state index contributed by atoms with van der Waals surface area (Å²) in [5.41, 5.74) is 0.212. The predicted octanol–water partition coefficient (Wildman–Crippen LogP) is 3.87. The van der Waals surface area contributed by atoms with E-state index in [4.69, 9.17) is 0 Å². The van der Waals surface area contributed by atoms with Crippen molar-refractivity contribution < 1.29 is 26.4 Å². The molecule has 0 atom stereocenters. The lowest BCUT2D eigenvalue weighted by Crippen LogP contribution is -2.32. The summed E-state index contributed by atoms with van der Waals surface area (Å²) in [5.74, 6) is -0.205. The van der Waals surface area contributed by atoms with E-state index in [0.717, 1.165) is 48.4 Å². The second-order valence-electron chi connectivity index (χ2n) is 6.87. The van der Waals surface area contributed by atoms with Crippen LogP contribution in [0.4, 0.5) is 18.9 Å². The molecule has 0 aliphatic heterocycles. The van der Waals surface area contributed by atoms with Crippen LogP contribution in [-0.2, 0) is 21.0 Å². The molecule has 0 spiro atoms. The maximum atomic E-state index is 12.9. The minimum absolute atomic E-state index is 0.0647. The number of amides is 1. The van der Waals surface area contributed by atoms with Crippen molar-refractivity contribution in [3.63, 3.8) is 0 Å². The number of nitrogens with one attached hydrogen (secondary N) is 1. The fraction of sp³-hybridized carbons (Fsp3) is 0.526. The molecule has 2 rings (SSSR count). The molecule has 1 aromatic carbocycles. The second kappa shape index (κ2) is 9.45. The van der Waals surface area contributed by atoms with Crippen molar-refractivity contribution in [1.29, 1.82) is 0 Å². The van der Waals surface area contributed by atoms with E-state index in [9.17, 15) is 26.4 Å². The highest BCUT2D eigenvalue weighted by atomic mass is 32.2. The summed E-state index contributed by atoms with van der Waals surface area (Å²) in [6.45, 7) is 0.415. The Morgan fingerprint density at radius 3 is 2.61 bits per heavy atom. The Labute approximate surface area is 163 Å². The van der Waals surface area contributed by atoms with Gasteiger partial charge in [0.1, 0.15) is 0 Å². The highest BCUT2D eigenvalue weighted by Gasteiger charge is 2.31. The van der Waals surface area contributed by atoms with Gasteiger partial charge in [0, 0.05) is 19.5 Å². The SMILES string of the molecule is CS(=O)(=O)N(CCCC(=O)NCC1=CCCCC1)c1cccc(C(F)(F)F)c1. The van der Waals surface area contributed by atoms with Gasteiger partial charge in [-0.3, -0.25) is 9.10 Å². The summed E-state index contributed by atoms with van der Waals surface area (Å²) < 4.78 is 63.7. The number of hydrogen-bond donors (Lipinski definition) is 1. The monoisotopic (exact) mass is 418 g/mol. The quantitative estimate of drug-likeness (QED) is 0.652. The number of allylic oxidation sites excluding steroid dienone is 1. The molecule has 1 aromatic rings. The summed E-state index contributed by atoms with van der Waals surface area (Å²) in [6.07, 6.45) is 3.06. The number of rotatable bonds is 8. The normalized spacial score (nSPS) is 15.1. The summed E-state index contributed by atoms with van der Waals surface area (Å²) in [7, 11) is -3.78. The maximum Gasteiger partial charge on any atom is 0.416 e. The highest BCUT2D eigenvalue weighted by molar-refractivity contribution is 7.92. The molecule has 0 radical (unpaired) electrons. The Kier molecular flexibility index (Phi) is 7.51. The van der Waals surface area contributed by atoms with Crippen molar-refractivity contribution >= 4 is 21.6 Å². The van der Waals surface area contributed by atoms with Gasteiger partial charge in [-0.1, -0.05) is 17.7 Å². The van der Waals surface area contributed by atoms with Crippen molar-refractivity contribution in [3.05, 3.63) is 41.5 Å². The molecule has 1 amide bonds. The van der Waals surface area contributed by atoms with Crippen molar-refractivity contribution in [2.75, 3.05) is 23.7 Å². The molecule has 28 heavy (non-hydrogen) atoms. The lowest BCUT2D eigenvalue weighted by molar-refractivity contribution is -0.137. The van der Waals surface area contributed by atoms with Gasteiger partial charge in [0.05, 0.1) is 17.5 Å². The molecular weight excluding hydrogens is 393 g/mol. The van der Waals surface area contributed by atoms with Crippen LogP contribution in [0.1, 0.15) is 44.1 Å². The van der Waals surface area contributed by atoms with Crippen LogP contribution in [0, 0.1) is 0 Å². The van der Waals surface area contributed by atoms with E-state index in [2.05, 4.69) is 11.4 Å². The first-order valence-corrected chi connectivity index (χ1v) is 11.0. The Balaban J connectivity index is 1.94. The Morgan fingerprint density at radius 1 is 1.25 bits per heavy atom. The van der Waals surface area contributed by atoms with Crippen LogP contribution in [0.5, 0.6) is 0 Å². The Morgan fingerprint density at radius 2 is 2.00 bits per heavy atom. The molecule has 5 nitrogen and oxygen atoms in total. The lowest BCUT2D eigenvalue weighted by atomic mass is 10.00. The van der Waals surface area contributed by atoms with E-state index in [1.54, 1.807) is 0 Å². The molecule has 156 valence electrons. The number of nitrogens with zero attached hydrogens (tertiary/aromatic N) is 1. The number of carbonyl (C=O) groups is 1. The third kappa shape index (κ3) is 6.85. The van der Waals surface area contributed by atoms with Gasteiger partial charge in [0.2, 0.25) is 15.9 Å². The van der Waals surface area contributed by atoms with Gasteiger partial charge in [-0.2, -0.15) is 13.2 Å². The molecule has 9 heteroatoms. The predicted molar refractivity (Wildman–Crippen MR) is 102 cm³/mol. The first-order valence-electron chi connectivity index (χ1n) is 9.17. The zero-order chi connectivity index (χ0) is 20.8. The van der Waals surface area contributed by atoms with Crippen LogP contribution >= 0.6 is 0 Å². The third-order valence-electron chi connectivity index (χ3n) is 4.52. The van der Waals surface area contributed by atoms with Crippen molar-refractivity contribution in [1.82, 2.24) is 5.32 Å². The average Bonchev–Trinajstić information content (AvgIpc) is 2.63. The molecule has 1 aliphatic rings. The van der Waals surface area contributed by atoms with Crippen molar-refractivity contribution in [3.8, 4) is 0 Å². The zero-order valence-corrected chi connectivity index (χ0v) is 16.6. The highest BCUT2D eigenvalue weighted by Crippen LogP contribution is 2.32. The van der Waals surface area contributed by atoms with Crippen molar-refractivity contribution in [2.45, 2.75) is 44.7 Å². The second-order valence-corrected chi connectivity index (χ2v) is 8.78. The fourth-order valence-corrected chi connectivity index (χ4v) is 4.03. The van der Waals surface area contributed by atoms with Crippen LogP contribution in [0.3, 0.4) is 0 Å². The van der Waals surface area contributed by atoms with E-state index in [0.29, 0.717) is 6.54 Å². The van der Waals surface area contributed by atoms with Gasteiger partial charge >= 0.3 is 6.18 Å². The van der Waals surface area contributed by atoms with Crippen LogP contribution < -0.4 is 9.62 Å². The van der Waals surface area contributed by atoms with Crippen LogP contribution in [0.2, 0.25) is 0 Å². The number of benzene rings is 1. The standard InChI is InChI=1S/C19H25F3N2O3S/c1-28(26,27)24(17-10-5-9-16(13-17)19(20,21)22)12-6-11-18(25)23-14-15-7-3-2-4-8-15/h5,7,9-10,13H,2-4,6,8,11-12,14H2,1H3,(H,23,25). The first-order chi connectivity index (χ1) is 13.1. The molecule has 0 saturated carbocycles. The fourth-order valence-electron chi connectivity index (χ4n) is 3.07. The smallest absolute Gasteiger partial charge is 0.352 e. The maximum absolute atomic E-state index is 12.9. The number of carbonyl (C=O) groups excluding carboxylic acids is 1. The van der Waals surface area contributed by atoms with Gasteiger partial charge in [-0.05, 0) is 50.3 Å². The zero-order valence-electron chi connectivity index (χ0n) is 15.8. The average molecular weight is 418 g/mol. The Hall–Kier alpha value is -2.03. The summed E-state index contributed by atoms with van der Waals surface area (Å²) >= 11 is 0. The molecular formula is C19H25F3N2O3S. The lowest BCUT2D eigenvalue weighted by Gasteiger charge is -2.23. The number of alkyl halides is 3. The minimum atomic E-state index is -4.56. The number of sulfonamides is 1. The topological polar surface area (TPSA) is 66.5 Å². The summed E-state index contributed by atoms with van der Waals surface area (Å²) in [6, 6.07) is 4.17. The number of halogens is 3. The Bertz CT molecular complexity index is 820. The van der Waals surface area contributed by atoms with Crippen LogP contribution in [-0.4, -0.2) is 33.7 Å². The molecule has 0 bridgehead atoms. The largest absolute Gasteiger partial charge is 0.416 e. The molecule has 0 saturated heterocycles. The minimum Gasteiger partial charge on any atom is -0.352 e. The van der Waals surface area contributed by atoms with Gasteiger partial charge in [-0.25, -0.2) is 8.42 Å². The van der Waals surface area contributed by atoms with Crippen LogP contribution in [0.15, 0.2) is 35.9 Å². The summed E-state index contributed by atoms with van der Waals surface area (Å²) in [5, 5.41) is 2.81. The molecule has 0 heterocycles. The number of hydrogen-bond acceptors (Lipinski definition) is 3. The first kappa shape index (κ1) is 22.3. The summed E-state index contributed by atoms with van der Waals surface area (Å²) in [4.78, 5) is 12.0. The van der Waals surface area contributed by atoms with Crippen LogP contribution in [0.25, 0.3) is 0 Å². The molecule has 0 fully saturated rings. The van der Waals surface area contributed by atoms with Crippen molar-refractivity contribution in [2.24, 2.45) is 0 Å². The van der Waals surface area contributed by atoms with E-state index in [-0.39, 0.29) is 31.0 Å². The van der Waals surface area contributed by atoms with Gasteiger partial charge < -0.3 is 5.32 Å². The molecule has 1 N–H and O–H groups in total. The van der Waals surface area contributed by atoms with E-state index >= 15 is 0 Å². The molecule has 1 aliphatic carbocycles. The van der Waals surface area contributed by atoms with E-state index in [1.165, 1.54) is 17.7 Å². The van der Waals surface area contributed by atoms with E-state index in [1.807, 2.05) is 0 Å². The number of anilines is 1. The molecule has 0 unspecified atom stereocenters. The molecule has 0 aromatic heterocycles. The van der Waals surface area contributed by atoms with Gasteiger partial charge in [0.25, 0.3) is 0 Å². The van der Waals surface area contributed by atoms with E-state index < -0.39 is 21.8 Å². The third-order valence-corrected chi connectivity index (χ3v) is 5.72.